The molecule has 0 unspecified atom stereocenters. The second-order valence-corrected chi connectivity index (χ2v) is 4.87. The third-order valence-corrected chi connectivity index (χ3v) is 3.44. The second kappa shape index (κ2) is 5.42. The van der Waals surface area contributed by atoms with E-state index in [-0.39, 0.29) is 0 Å². The monoisotopic (exact) mass is 271 g/mol. The first-order valence-electron chi connectivity index (χ1n) is 6.56. The van der Waals surface area contributed by atoms with Gasteiger partial charge in [-0.25, -0.2) is 15.0 Å². The van der Waals surface area contributed by atoms with Crippen LogP contribution in [0.3, 0.4) is 0 Å². The van der Waals surface area contributed by atoms with E-state index in [9.17, 15) is 0 Å². The summed E-state index contributed by atoms with van der Waals surface area (Å²) < 4.78 is 5.06. The maximum absolute atomic E-state index is 5.61. The first kappa shape index (κ1) is 12.8. The lowest BCUT2D eigenvalue weighted by Gasteiger charge is -2.27. The SMILES string of the molecule is COc1ccc(CN2CCc3nc(N)ncc3C2)cn1. The molecule has 1 aliphatic heterocycles. The van der Waals surface area contributed by atoms with Gasteiger partial charge in [0.05, 0.1) is 12.8 Å². The lowest BCUT2D eigenvalue weighted by atomic mass is 10.1. The molecule has 2 aromatic rings. The van der Waals surface area contributed by atoms with Crippen molar-refractivity contribution in [1.82, 2.24) is 19.9 Å². The largest absolute Gasteiger partial charge is 0.481 e. The van der Waals surface area contributed by atoms with Gasteiger partial charge in [-0.05, 0) is 5.56 Å². The first-order valence-corrected chi connectivity index (χ1v) is 6.56. The number of nitrogen functional groups attached to an aromatic ring is 1. The summed E-state index contributed by atoms with van der Waals surface area (Å²) in [6.45, 7) is 2.68. The molecule has 2 N–H and O–H groups in total. The van der Waals surface area contributed by atoms with Crippen LogP contribution < -0.4 is 10.5 Å². The molecule has 0 bridgehead atoms. The summed E-state index contributed by atoms with van der Waals surface area (Å²) in [6.07, 6.45) is 4.59. The van der Waals surface area contributed by atoms with Gasteiger partial charge in [0.15, 0.2) is 0 Å². The normalized spacial score (nSPS) is 14.8. The Balaban J connectivity index is 1.69. The summed E-state index contributed by atoms with van der Waals surface area (Å²) in [5, 5.41) is 0. The van der Waals surface area contributed by atoms with Crippen LogP contribution >= 0.6 is 0 Å². The van der Waals surface area contributed by atoms with Crippen LogP contribution in [0.5, 0.6) is 5.88 Å². The highest BCUT2D eigenvalue weighted by Crippen LogP contribution is 2.19. The molecule has 6 heteroatoms. The maximum atomic E-state index is 5.61. The zero-order valence-corrected chi connectivity index (χ0v) is 11.4. The summed E-state index contributed by atoms with van der Waals surface area (Å²) in [4.78, 5) is 14.9. The predicted octanol–water partition coefficient (Wildman–Crippen LogP) is 1.02. The Labute approximate surface area is 117 Å². The van der Waals surface area contributed by atoms with Crippen molar-refractivity contribution in [3.63, 3.8) is 0 Å². The lowest BCUT2D eigenvalue weighted by Crippen LogP contribution is -2.31. The van der Waals surface area contributed by atoms with E-state index < -0.39 is 0 Å². The van der Waals surface area contributed by atoms with E-state index in [4.69, 9.17) is 10.5 Å². The van der Waals surface area contributed by atoms with Gasteiger partial charge >= 0.3 is 0 Å². The minimum Gasteiger partial charge on any atom is -0.481 e. The predicted molar refractivity (Wildman–Crippen MR) is 75.1 cm³/mol. The molecule has 2 aromatic heterocycles. The standard InChI is InChI=1S/C14H17N5O/c1-20-13-3-2-10(6-16-13)8-19-5-4-12-11(9-19)7-17-14(15)18-12/h2-3,6-7H,4-5,8-9H2,1H3,(H2,15,17,18). The van der Waals surface area contributed by atoms with E-state index in [1.54, 1.807) is 7.11 Å². The summed E-state index contributed by atoms with van der Waals surface area (Å²) in [5.74, 6) is 0.998. The second-order valence-electron chi connectivity index (χ2n) is 4.87. The Bertz CT molecular complexity index is 599. The highest BCUT2D eigenvalue weighted by molar-refractivity contribution is 5.27. The summed E-state index contributed by atoms with van der Waals surface area (Å²) in [5.41, 5.74) is 9.01. The fourth-order valence-corrected chi connectivity index (χ4v) is 2.41. The molecule has 0 saturated heterocycles. The van der Waals surface area contributed by atoms with Crippen LogP contribution in [0.25, 0.3) is 0 Å². The van der Waals surface area contributed by atoms with Crippen LogP contribution in [-0.2, 0) is 19.5 Å². The smallest absolute Gasteiger partial charge is 0.220 e. The van der Waals surface area contributed by atoms with Crippen LogP contribution in [0.4, 0.5) is 5.95 Å². The van der Waals surface area contributed by atoms with Crippen LogP contribution in [0.15, 0.2) is 24.5 Å². The Kier molecular flexibility index (Phi) is 3.47. The molecule has 6 nitrogen and oxygen atoms in total. The molecule has 0 amide bonds. The number of aromatic nitrogens is 3. The molecule has 1 aliphatic rings. The van der Waals surface area contributed by atoms with Gasteiger partial charge in [0.25, 0.3) is 0 Å². The molecule has 20 heavy (non-hydrogen) atoms. The lowest BCUT2D eigenvalue weighted by molar-refractivity contribution is 0.242. The number of ether oxygens (including phenoxy) is 1. The van der Waals surface area contributed by atoms with Gasteiger partial charge in [-0.2, -0.15) is 0 Å². The van der Waals surface area contributed by atoms with Crippen LogP contribution in [0.2, 0.25) is 0 Å². The number of fused-ring (bicyclic) bond motifs is 1. The van der Waals surface area contributed by atoms with Crippen molar-refractivity contribution in [3.8, 4) is 5.88 Å². The van der Waals surface area contributed by atoms with Gasteiger partial charge in [-0.3, -0.25) is 4.90 Å². The van der Waals surface area contributed by atoms with Crippen molar-refractivity contribution in [2.24, 2.45) is 0 Å². The van der Waals surface area contributed by atoms with Crippen molar-refractivity contribution >= 4 is 5.95 Å². The number of nitrogens with two attached hydrogens (primary N) is 1. The summed E-state index contributed by atoms with van der Waals surface area (Å²) >= 11 is 0. The van der Waals surface area contributed by atoms with E-state index in [2.05, 4.69) is 19.9 Å². The molecule has 0 atom stereocenters. The van der Waals surface area contributed by atoms with Crippen LogP contribution in [-0.4, -0.2) is 33.5 Å². The van der Waals surface area contributed by atoms with Gasteiger partial charge in [0.1, 0.15) is 0 Å². The fraction of sp³-hybridized carbons (Fsp3) is 0.357. The van der Waals surface area contributed by atoms with Gasteiger partial charge in [-0.1, -0.05) is 6.07 Å². The zero-order valence-electron chi connectivity index (χ0n) is 11.4. The molecule has 3 rings (SSSR count). The summed E-state index contributed by atoms with van der Waals surface area (Å²) in [6, 6.07) is 3.93. The summed E-state index contributed by atoms with van der Waals surface area (Å²) in [7, 11) is 1.62. The van der Waals surface area contributed by atoms with E-state index in [1.807, 2.05) is 24.5 Å². The van der Waals surface area contributed by atoms with Crippen molar-refractivity contribution in [3.05, 3.63) is 41.3 Å². The molecule has 3 heterocycles. The Morgan fingerprint density at radius 2 is 2.20 bits per heavy atom. The number of hydrogen-bond acceptors (Lipinski definition) is 6. The molecular weight excluding hydrogens is 254 g/mol. The molecule has 0 radical (unpaired) electrons. The molecule has 0 saturated carbocycles. The molecule has 0 aliphatic carbocycles. The third-order valence-electron chi connectivity index (χ3n) is 3.44. The van der Waals surface area contributed by atoms with E-state index >= 15 is 0 Å². The fourth-order valence-electron chi connectivity index (χ4n) is 2.41. The molecule has 0 fully saturated rings. The maximum Gasteiger partial charge on any atom is 0.220 e. The van der Waals surface area contributed by atoms with E-state index in [1.165, 1.54) is 5.56 Å². The Morgan fingerprint density at radius 3 is 2.95 bits per heavy atom. The minimum absolute atomic E-state index is 0.358. The third kappa shape index (κ3) is 2.70. The van der Waals surface area contributed by atoms with Crippen LogP contribution in [0, 0.1) is 0 Å². The number of hydrogen-bond donors (Lipinski definition) is 1. The van der Waals surface area contributed by atoms with Crippen LogP contribution in [0.1, 0.15) is 16.8 Å². The van der Waals surface area contributed by atoms with E-state index in [0.717, 1.165) is 37.3 Å². The minimum atomic E-state index is 0.358. The van der Waals surface area contributed by atoms with Gasteiger partial charge < -0.3 is 10.5 Å². The van der Waals surface area contributed by atoms with Gasteiger partial charge in [0, 0.05) is 50.1 Å². The number of anilines is 1. The number of methoxy groups -OCH3 is 1. The van der Waals surface area contributed by atoms with Gasteiger partial charge in [0.2, 0.25) is 11.8 Å². The number of rotatable bonds is 3. The molecule has 0 spiro atoms. The van der Waals surface area contributed by atoms with E-state index in [0.29, 0.717) is 11.8 Å². The van der Waals surface area contributed by atoms with Gasteiger partial charge in [-0.15, -0.1) is 0 Å². The van der Waals surface area contributed by atoms with Crippen molar-refractivity contribution < 1.29 is 4.74 Å². The number of nitrogens with zero attached hydrogens (tertiary/aromatic N) is 4. The quantitative estimate of drug-likeness (QED) is 0.898. The topological polar surface area (TPSA) is 77.2 Å². The Hall–Kier alpha value is -2.21. The van der Waals surface area contributed by atoms with Crippen molar-refractivity contribution in [2.75, 3.05) is 19.4 Å². The number of pyridine rings is 1. The van der Waals surface area contributed by atoms with Crippen molar-refractivity contribution in [2.45, 2.75) is 19.5 Å². The highest BCUT2D eigenvalue weighted by atomic mass is 16.5. The first-order chi connectivity index (χ1) is 9.74. The zero-order chi connectivity index (χ0) is 13.9. The molecular formula is C14H17N5O. The molecule has 104 valence electrons. The highest BCUT2D eigenvalue weighted by Gasteiger charge is 2.18. The average Bonchev–Trinajstić information content (AvgIpc) is 2.48. The molecule has 0 aromatic carbocycles. The average molecular weight is 271 g/mol. The van der Waals surface area contributed by atoms with Crippen molar-refractivity contribution in [1.29, 1.82) is 0 Å². The Morgan fingerprint density at radius 1 is 1.30 bits per heavy atom.